The zero-order valence-electron chi connectivity index (χ0n) is 13.2. The molecule has 0 aliphatic carbocycles. The van der Waals surface area contributed by atoms with Crippen LogP contribution in [0.5, 0.6) is 0 Å². The molecule has 2 aromatic rings. The van der Waals surface area contributed by atoms with Crippen LogP contribution >= 0.6 is 0 Å². The molecular formula is C15H21N5O2. The first kappa shape index (κ1) is 14.6. The number of piperidine rings is 1. The fourth-order valence-electron chi connectivity index (χ4n) is 2.78. The number of rotatable bonds is 3. The summed E-state index contributed by atoms with van der Waals surface area (Å²) in [5.74, 6) is 1.36. The summed E-state index contributed by atoms with van der Waals surface area (Å²) in [7, 11) is 5.64. The van der Waals surface area contributed by atoms with Gasteiger partial charge in [-0.15, -0.1) is 0 Å². The fourth-order valence-corrected chi connectivity index (χ4v) is 2.78. The molecule has 1 fully saturated rings. The molecule has 0 N–H and O–H groups in total. The second kappa shape index (κ2) is 5.82. The molecule has 1 unspecified atom stereocenters. The van der Waals surface area contributed by atoms with E-state index in [2.05, 4.69) is 10.1 Å². The van der Waals surface area contributed by atoms with E-state index in [0.29, 0.717) is 24.1 Å². The van der Waals surface area contributed by atoms with E-state index in [1.807, 2.05) is 53.8 Å². The molecule has 3 heterocycles. The highest BCUT2D eigenvalue weighted by atomic mass is 16.5. The molecule has 7 nitrogen and oxygen atoms in total. The van der Waals surface area contributed by atoms with Gasteiger partial charge in [0.1, 0.15) is 5.69 Å². The third kappa shape index (κ3) is 2.70. The molecule has 1 atom stereocenters. The van der Waals surface area contributed by atoms with Crippen LogP contribution in [0, 0.1) is 0 Å². The summed E-state index contributed by atoms with van der Waals surface area (Å²) in [4.78, 5) is 20.7. The van der Waals surface area contributed by atoms with Crippen molar-refractivity contribution in [3.05, 3.63) is 29.9 Å². The minimum absolute atomic E-state index is 0.0598. The van der Waals surface area contributed by atoms with Gasteiger partial charge in [0.05, 0.1) is 5.92 Å². The smallest absolute Gasteiger partial charge is 0.270 e. The van der Waals surface area contributed by atoms with E-state index in [1.54, 1.807) is 0 Å². The summed E-state index contributed by atoms with van der Waals surface area (Å²) in [5, 5.41) is 3.96. The SMILES string of the molecule is CN(C)c1noc(C2CCCN(C(=O)c3cccn3C)C2)n1. The summed E-state index contributed by atoms with van der Waals surface area (Å²) in [6.07, 6.45) is 3.79. The number of carbonyl (C=O) groups is 1. The van der Waals surface area contributed by atoms with Crippen LogP contribution in [0.2, 0.25) is 0 Å². The molecule has 1 amide bonds. The predicted molar refractivity (Wildman–Crippen MR) is 81.9 cm³/mol. The Bertz CT molecular complexity index is 660. The van der Waals surface area contributed by atoms with E-state index in [4.69, 9.17) is 4.52 Å². The van der Waals surface area contributed by atoms with Gasteiger partial charge in [-0.25, -0.2) is 0 Å². The zero-order chi connectivity index (χ0) is 15.7. The quantitative estimate of drug-likeness (QED) is 0.859. The number of aromatic nitrogens is 3. The van der Waals surface area contributed by atoms with Gasteiger partial charge in [0.25, 0.3) is 11.9 Å². The van der Waals surface area contributed by atoms with E-state index in [9.17, 15) is 4.79 Å². The highest BCUT2D eigenvalue weighted by molar-refractivity contribution is 5.92. The predicted octanol–water partition coefficient (Wildman–Crippen LogP) is 1.49. The van der Waals surface area contributed by atoms with Crippen LogP contribution in [0.25, 0.3) is 0 Å². The molecule has 1 aliphatic heterocycles. The van der Waals surface area contributed by atoms with Crippen molar-refractivity contribution < 1.29 is 9.32 Å². The summed E-state index contributed by atoms with van der Waals surface area (Å²) < 4.78 is 7.21. The van der Waals surface area contributed by atoms with Crippen LogP contribution in [-0.2, 0) is 7.05 Å². The minimum atomic E-state index is 0.0598. The van der Waals surface area contributed by atoms with Gasteiger partial charge in [0, 0.05) is 40.4 Å². The highest BCUT2D eigenvalue weighted by Crippen LogP contribution is 2.27. The number of amides is 1. The van der Waals surface area contributed by atoms with Gasteiger partial charge in [0.15, 0.2) is 0 Å². The highest BCUT2D eigenvalue weighted by Gasteiger charge is 2.29. The van der Waals surface area contributed by atoms with E-state index >= 15 is 0 Å². The fraction of sp³-hybridized carbons (Fsp3) is 0.533. The average molecular weight is 303 g/mol. The van der Waals surface area contributed by atoms with Gasteiger partial charge in [-0.05, 0) is 30.1 Å². The Morgan fingerprint density at radius 2 is 2.27 bits per heavy atom. The van der Waals surface area contributed by atoms with Crippen molar-refractivity contribution in [2.75, 3.05) is 32.1 Å². The van der Waals surface area contributed by atoms with Crippen LogP contribution in [0.4, 0.5) is 5.95 Å². The summed E-state index contributed by atoms with van der Waals surface area (Å²) >= 11 is 0. The molecule has 1 saturated heterocycles. The molecule has 0 aromatic carbocycles. The second-order valence-electron chi connectivity index (χ2n) is 5.92. The van der Waals surface area contributed by atoms with Crippen LogP contribution in [0.1, 0.15) is 35.1 Å². The first-order valence-electron chi connectivity index (χ1n) is 7.48. The summed E-state index contributed by atoms with van der Waals surface area (Å²) in [5.41, 5.74) is 0.708. The number of aryl methyl sites for hydroxylation is 1. The van der Waals surface area contributed by atoms with Crippen molar-refractivity contribution in [3.8, 4) is 0 Å². The second-order valence-corrected chi connectivity index (χ2v) is 5.92. The Morgan fingerprint density at radius 3 is 2.91 bits per heavy atom. The van der Waals surface area contributed by atoms with Gasteiger partial charge in [-0.1, -0.05) is 0 Å². The zero-order valence-corrected chi connectivity index (χ0v) is 13.2. The topological polar surface area (TPSA) is 67.4 Å². The van der Waals surface area contributed by atoms with E-state index in [-0.39, 0.29) is 11.8 Å². The van der Waals surface area contributed by atoms with Gasteiger partial charge in [0.2, 0.25) is 5.89 Å². The van der Waals surface area contributed by atoms with Gasteiger partial charge < -0.3 is 18.9 Å². The van der Waals surface area contributed by atoms with Crippen LogP contribution in [-0.4, -0.2) is 52.7 Å². The maximum absolute atomic E-state index is 12.6. The molecule has 0 bridgehead atoms. The average Bonchev–Trinajstić information content (AvgIpc) is 3.15. The number of hydrogen-bond donors (Lipinski definition) is 0. The van der Waals surface area contributed by atoms with Gasteiger partial charge in [-0.3, -0.25) is 4.79 Å². The van der Waals surface area contributed by atoms with Crippen molar-refractivity contribution >= 4 is 11.9 Å². The lowest BCUT2D eigenvalue weighted by Gasteiger charge is -2.31. The third-order valence-electron chi connectivity index (χ3n) is 4.05. The largest absolute Gasteiger partial charge is 0.347 e. The van der Waals surface area contributed by atoms with Crippen molar-refractivity contribution in [2.45, 2.75) is 18.8 Å². The monoisotopic (exact) mass is 303 g/mol. The molecule has 118 valence electrons. The standard InChI is InChI=1S/C15H21N5O2/c1-18(2)15-16-13(22-17-15)11-6-4-9-20(10-11)14(21)12-7-5-8-19(12)3/h5,7-8,11H,4,6,9-10H2,1-3H3. The summed E-state index contributed by atoms with van der Waals surface area (Å²) in [6, 6.07) is 3.73. The van der Waals surface area contributed by atoms with Crippen molar-refractivity contribution in [3.63, 3.8) is 0 Å². The number of nitrogens with zero attached hydrogens (tertiary/aromatic N) is 5. The first-order valence-corrected chi connectivity index (χ1v) is 7.48. The lowest BCUT2D eigenvalue weighted by molar-refractivity contribution is 0.0686. The Kier molecular flexibility index (Phi) is 3.87. The van der Waals surface area contributed by atoms with Gasteiger partial charge in [-0.2, -0.15) is 4.98 Å². The molecule has 0 saturated carbocycles. The number of anilines is 1. The lowest BCUT2D eigenvalue weighted by Crippen LogP contribution is -2.39. The molecule has 3 rings (SSSR count). The van der Waals surface area contributed by atoms with Crippen LogP contribution in [0.15, 0.2) is 22.9 Å². The van der Waals surface area contributed by atoms with Crippen molar-refractivity contribution in [1.82, 2.24) is 19.6 Å². The van der Waals surface area contributed by atoms with E-state index < -0.39 is 0 Å². The third-order valence-corrected chi connectivity index (χ3v) is 4.05. The Labute approximate surface area is 129 Å². The van der Waals surface area contributed by atoms with Crippen molar-refractivity contribution in [2.24, 2.45) is 7.05 Å². The number of likely N-dealkylation sites (tertiary alicyclic amines) is 1. The van der Waals surface area contributed by atoms with E-state index in [0.717, 1.165) is 19.4 Å². The molecule has 1 aliphatic rings. The van der Waals surface area contributed by atoms with Crippen LogP contribution < -0.4 is 4.90 Å². The number of hydrogen-bond acceptors (Lipinski definition) is 5. The molecule has 7 heteroatoms. The van der Waals surface area contributed by atoms with Crippen LogP contribution in [0.3, 0.4) is 0 Å². The Morgan fingerprint density at radius 1 is 1.45 bits per heavy atom. The molecule has 2 aromatic heterocycles. The molecular weight excluding hydrogens is 282 g/mol. The molecule has 22 heavy (non-hydrogen) atoms. The summed E-state index contributed by atoms with van der Waals surface area (Å²) in [6.45, 7) is 1.40. The number of carbonyl (C=O) groups excluding carboxylic acids is 1. The van der Waals surface area contributed by atoms with Gasteiger partial charge >= 0.3 is 0 Å². The lowest BCUT2D eigenvalue weighted by atomic mass is 9.97. The maximum Gasteiger partial charge on any atom is 0.270 e. The Hall–Kier alpha value is -2.31. The first-order chi connectivity index (χ1) is 10.6. The van der Waals surface area contributed by atoms with E-state index in [1.165, 1.54) is 0 Å². The molecule has 0 radical (unpaired) electrons. The maximum atomic E-state index is 12.6. The Balaban J connectivity index is 1.73. The molecule has 0 spiro atoms. The minimum Gasteiger partial charge on any atom is -0.347 e. The van der Waals surface area contributed by atoms with Crippen molar-refractivity contribution in [1.29, 1.82) is 0 Å². The normalized spacial score (nSPS) is 18.5.